The standard InChI is InChI=1S/C22H21F3N2O5/c1-27(11-19(28)29)20(30)18(10-22(23,24)25)26-21(31)32-12-17-15-8-4-2-6-13(15)14-7-3-5-9-16(14)17/h2-9,17-18H,10-12H2,1H3,(H,26,31)(H,28,29). The maximum Gasteiger partial charge on any atom is 0.407 e. The highest BCUT2D eigenvalue weighted by molar-refractivity contribution is 5.88. The lowest BCUT2D eigenvalue weighted by Crippen LogP contribution is -2.50. The van der Waals surface area contributed by atoms with E-state index in [-0.39, 0.29) is 12.5 Å². The summed E-state index contributed by atoms with van der Waals surface area (Å²) >= 11 is 0. The highest BCUT2D eigenvalue weighted by Gasteiger charge is 2.38. The zero-order chi connectivity index (χ0) is 23.5. The lowest BCUT2D eigenvalue weighted by molar-refractivity contribution is -0.155. The topological polar surface area (TPSA) is 95.9 Å². The van der Waals surface area contributed by atoms with Crippen LogP contribution in [0, 0.1) is 0 Å². The fraction of sp³-hybridized carbons (Fsp3) is 0.318. The van der Waals surface area contributed by atoms with Gasteiger partial charge in [0.15, 0.2) is 0 Å². The molecule has 10 heteroatoms. The van der Waals surface area contributed by atoms with E-state index in [2.05, 4.69) is 0 Å². The van der Waals surface area contributed by atoms with Crippen molar-refractivity contribution in [1.29, 1.82) is 0 Å². The van der Waals surface area contributed by atoms with E-state index in [1.807, 2.05) is 53.8 Å². The van der Waals surface area contributed by atoms with Crippen LogP contribution in [-0.2, 0) is 14.3 Å². The van der Waals surface area contributed by atoms with E-state index in [9.17, 15) is 27.6 Å². The molecule has 7 nitrogen and oxygen atoms in total. The van der Waals surface area contributed by atoms with Crippen molar-refractivity contribution in [3.05, 3.63) is 59.7 Å². The molecule has 0 aliphatic heterocycles. The number of carbonyl (C=O) groups excluding carboxylic acids is 2. The predicted octanol–water partition coefficient (Wildman–Crippen LogP) is 3.39. The molecular formula is C22H21F3N2O5. The van der Waals surface area contributed by atoms with Crippen molar-refractivity contribution in [2.75, 3.05) is 20.2 Å². The molecule has 170 valence electrons. The molecule has 0 spiro atoms. The van der Waals surface area contributed by atoms with E-state index in [4.69, 9.17) is 9.84 Å². The number of alkyl halides is 3. The molecule has 2 aromatic rings. The second kappa shape index (κ2) is 9.29. The number of rotatable bonds is 7. The van der Waals surface area contributed by atoms with Gasteiger partial charge in [-0.1, -0.05) is 48.5 Å². The number of fused-ring (bicyclic) bond motifs is 3. The number of likely N-dealkylation sites (N-methyl/N-ethyl adjacent to an activating group) is 1. The number of aliphatic carboxylic acids is 1. The number of carboxylic acids is 1. The third kappa shape index (κ3) is 5.37. The zero-order valence-electron chi connectivity index (χ0n) is 17.1. The Morgan fingerprint density at radius 2 is 1.59 bits per heavy atom. The van der Waals surface area contributed by atoms with Gasteiger partial charge in [-0.05, 0) is 22.3 Å². The summed E-state index contributed by atoms with van der Waals surface area (Å²) in [4.78, 5) is 35.9. The molecule has 2 amide bonds. The van der Waals surface area contributed by atoms with Crippen molar-refractivity contribution in [3.63, 3.8) is 0 Å². The number of hydrogen-bond acceptors (Lipinski definition) is 4. The largest absolute Gasteiger partial charge is 0.480 e. The minimum atomic E-state index is -4.76. The quantitative estimate of drug-likeness (QED) is 0.674. The van der Waals surface area contributed by atoms with Crippen LogP contribution in [0.5, 0.6) is 0 Å². The van der Waals surface area contributed by atoms with Gasteiger partial charge < -0.3 is 20.1 Å². The molecule has 0 radical (unpaired) electrons. The lowest BCUT2D eigenvalue weighted by atomic mass is 9.98. The maximum absolute atomic E-state index is 12.9. The zero-order valence-corrected chi connectivity index (χ0v) is 17.1. The van der Waals surface area contributed by atoms with E-state index >= 15 is 0 Å². The van der Waals surface area contributed by atoms with Crippen LogP contribution in [0.1, 0.15) is 23.5 Å². The number of alkyl carbamates (subject to hydrolysis) is 1. The van der Waals surface area contributed by atoms with Crippen molar-refractivity contribution in [3.8, 4) is 11.1 Å². The maximum atomic E-state index is 12.9. The normalized spacial score (nSPS) is 13.6. The number of halogens is 3. The van der Waals surface area contributed by atoms with Gasteiger partial charge >= 0.3 is 18.2 Å². The molecule has 2 N–H and O–H groups in total. The number of carbonyl (C=O) groups is 3. The van der Waals surface area contributed by atoms with Gasteiger partial charge in [-0.15, -0.1) is 0 Å². The number of benzene rings is 2. The van der Waals surface area contributed by atoms with Gasteiger partial charge in [0, 0.05) is 13.0 Å². The Morgan fingerprint density at radius 3 is 2.09 bits per heavy atom. The van der Waals surface area contributed by atoms with Gasteiger partial charge in [0.1, 0.15) is 19.2 Å². The van der Waals surface area contributed by atoms with Crippen LogP contribution in [0.2, 0.25) is 0 Å². The van der Waals surface area contributed by atoms with Gasteiger partial charge in [-0.3, -0.25) is 9.59 Å². The summed E-state index contributed by atoms with van der Waals surface area (Å²) in [7, 11) is 1.04. The predicted molar refractivity (Wildman–Crippen MR) is 108 cm³/mol. The molecule has 1 unspecified atom stereocenters. The van der Waals surface area contributed by atoms with Crippen LogP contribution < -0.4 is 5.32 Å². The number of nitrogens with one attached hydrogen (secondary N) is 1. The number of carboxylic acid groups (broad SMARTS) is 1. The highest BCUT2D eigenvalue weighted by Crippen LogP contribution is 2.44. The van der Waals surface area contributed by atoms with E-state index in [0.29, 0.717) is 4.90 Å². The van der Waals surface area contributed by atoms with Crippen LogP contribution in [0.3, 0.4) is 0 Å². The molecule has 0 heterocycles. The Labute approximate surface area is 181 Å². The van der Waals surface area contributed by atoms with Crippen molar-refractivity contribution >= 4 is 18.0 Å². The SMILES string of the molecule is CN(CC(=O)O)C(=O)C(CC(F)(F)F)NC(=O)OCC1c2ccccc2-c2ccccc21. The van der Waals surface area contributed by atoms with Crippen molar-refractivity contribution in [2.45, 2.75) is 24.6 Å². The smallest absolute Gasteiger partial charge is 0.407 e. The third-order valence-electron chi connectivity index (χ3n) is 5.12. The Hall–Kier alpha value is -3.56. The summed E-state index contributed by atoms with van der Waals surface area (Å²) in [6, 6.07) is 13.1. The van der Waals surface area contributed by atoms with Crippen LogP contribution in [-0.4, -0.2) is 60.4 Å². The van der Waals surface area contributed by atoms with E-state index in [0.717, 1.165) is 29.3 Å². The summed E-state index contributed by atoms with van der Waals surface area (Å²) in [5, 5.41) is 10.7. The van der Waals surface area contributed by atoms with Crippen LogP contribution in [0.15, 0.2) is 48.5 Å². The molecule has 0 fully saturated rings. The third-order valence-corrected chi connectivity index (χ3v) is 5.12. The Balaban J connectivity index is 1.70. The monoisotopic (exact) mass is 450 g/mol. The van der Waals surface area contributed by atoms with Crippen molar-refractivity contribution in [1.82, 2.24) is 10.2 Å². The minimum Gasteiger partial charge on any atom is -0.480 e. The van der Waals surface area contributed by atoms with Crippen LogP contribution >= 0.6 is 0 Å². The van der Waals surface area contributed by atoms with Gasteiger partial charge in [0.25, 0.3) is 0 Å². The molecule has 3 rings (SSSR count). The van der Waals surface area contributed by atoms with Gasteiger partial charge in [0.2, 0.25) is 5.91 Å². The first-order chi connectivity index (χ1) is 15.1. The molecule has 1 aliphatic carbocycles. The van der Waals surface area contributed by atoms with Crippen LogP contribution in [0.4, 0.5) is 18.0 Å². The van der Waals surface area contributed by atoms with E-state index < -0.39 is 43.2 Å². The molecule has 1 atom stereocenters. The summed E-state index contributed by atoms with van der Waals surface area (Å²) in [6.45, 7) is -0.947. The molecule has 1 aliphatic rings. The number of amides is 2. The lowest BCUT2D eigenvalue weighted by Gasteiger charge is -2.24. The first-order valence-corrected chi connectivity index (χ1v) is 9.72. The average molecular weight is 450 g/mol. The van der Waals surface area contributed by atoms with E-state index in [1.54, 1.807) is 0 Å². The van der Waals surface area contributed by atoms with Crippen LogP contribution in [0.25, 0.3) is 11.1 Å². The first kappa shape index (κ1) is 23.1. The second-order valence-electron chi connectivity index (χ2n) is 7.43. The second-order valence-corrected chi connectivity index (χ2v) is 7.43. The minimum absolute atomic E-state index is 0.141. The Morgan fingerprint density at radius 1 is 1.06 bits per heavy atom. The summed E-state index contributed by atoms with van der Waals surface area (Å²) in [6.07, 6.45) is -7.61. The molecule has 0 saturated carbocycles. The van der Waals surface area contributed by atoms with Gasteiger partial charge in [-0.2, -0.15) is 13.2 Å². The first-order valence-electron chi connectivity index (χ1n) is 9.72. The Kier molecular flexibility index (Phi) is 6.71. The number of nitrogens with zero attached hydrogens (tertiary/aromatic N) is 1. The molecule has 32 heavy (non-hydrogen) atoms. The fourth-order valence-corrected chi connectivity index (χ4v) is 3.76. The van der Waals surface area contributed by atoms with E-state index in [1.165, 1.54) is 0 Å². The van der Waals surface area contributed by atoms with Crippen molar-refractivity contribution in [2.24, 2.45) is 0 Å². The molecule has 2 aromatic carbocycles. The number of ether oxygens (including phenoxy) is 1. The molecule has 0 aromatic heterocycles. The highest BCUT2D eigenvalue weighted by atomic mass is 19.4. The average Bonchev–Trinajstić information content (AvgIpc) is 3.03. The van der Waals surface area contributed by atoms with Gasteiger partial charge in [0.05, 0.1) is 6.42 Å². The summed E-state index contributed by atoms with van der Waals surface area (Å²) in [5.74, 6) is -2.88. The molecular weight excluding hydrogens is 429 g/mol. The molecule has 0 bridgehead atoms. The van der Waals surface area contributed by atoms with Gasteiger partial charge in [-0.25, -0.2) is 4.79 Å². The molecule has 0 saturated heterocycles. The Bertz CT molecular complexity index is 979. The summed E-state index contributed by atoms with van der Waals surface area (Å²) < 4.78 is 44.0. The fourth-order valence-electron chi connectivity index (χ4n) is 3.76. The number of hydrogen-bond donors (Lipinski definition) is 2. The summed E-state index contributed by atoms with van der Waals surface area (Å²) in [5.41, 5.74) is 3.81. The van der Waals surface area contributed by atoms with Crippen molar-refractivity contribution < 1.29 is 37.4 Å².